The summed E-state index contributed by atoms with van der Waals surface area (Å²) < 4.78 is 0. The van der Waals surface area contributed by atoms with Gasteiger partial charge >= 0.3 is 0 Å². The van der Waals surface area contributed by atoms with Crippen LogP contribution in [0.15, 0.2) is 65.7 Å². The molecule has 116 valence electrons. The topological polar surface area (TPSA) is 32.6 Å². The highest BCUT2D eigenvalue weighted by Crippen LogP contribution is 2.31. The Hall–Kier alpha value is -2.61. The molecule has 0 radical (unpaired) electrons. The third-order valence-corrected chi connectivity index (χ3v) is 4.01. The molecule has 2 heteroatoms. The van der Waals surface area contributed by atoms with E-state index < -0.39 is 0 Å². The molecule has 0 heterocycles. The highest BCUT2D eigenvalue weighted by atomic mass is 16.3. The molecule has 3 rings (SSSR count). The molecule has 3 aromatic carbocycles. The molecule has 1 N–H and O–H groups in total. The Balaban J connectivity index is 1.93. The SMILES string of the molecule is CC(C)(C)c1ccc(C=Nc2cccc3c(O)cccc23)cc1. The Labute approximate surface area is 137 Å². The van der Waals surface area contributed by atoms with Crippen molar-refractivity contribution in [3.8, 4) is 5.75 Å². The van der Waals surface area contributed by atoms with Crippen LogP contribution in [0.2, 0.25) is 0 Å². The molecule has 0 aliphatic carbocycles. The number of phenols is 1. The van der Waals surface area contributed by atoms with Gasteiger partial charge in [-0.05, 0) is 28.7 Å². The van der Waals surface area contributed by atoms with E-state index in [2.05, 4.69) is 50.0 Å². The number of aliphatic imine (C=N–C) groups is 1. The van der Waals surface area contributed by atoms with E-state index in [1.165, 1.54) is 5.56 Å². The van der Waals surface area contributed by atoms with Gasteiger partial charge in [-0.1, -0.05) is 69.3 Å². The summed E-state index contributed by atoms with van der Waals surface area (Å²) in [6, 6.07) is 19.8. The Morgan fingerprint density at radius 1 is 0.826 bits per heavy atom. The van der Waals surface area contributed by atoms with Crippen LogP contribution in [0, 0.1) is 0 Å². The minimum Gasteiger partial charge on any atom is -0.507 e. The smallest absolute Gasteiger partial charge is 0.123 e. The second kappa shape index (κ2) is 5.88. The molecule has 0 aliphatic heterocycles. The van der Waals surface area contributed by atoms with Gasteiger partial charge in [-0.15, -0.1) is 0 Å². The van der Waals surface area contributed by atoms with Crippen LogP contribution in [0.1, 0.15) is 31.9 Å². The quantitative estimate of drug-likeness (QED) is 0.615. The van der Waals surface area contributed by atoms with E-state index in [9.17, 15) is 5.11 Å². The lowest BCUT2D eigenvalue weighted by Gasteiger charge is -2.18. The predicted molar refractivity (Wildman–Crippen MR) is 98.0 cm³/mol. The second-order valence-corrected chi connectivity index (χ2v) is 6.78. The Morgan fingerprint density at radius 3 is 2.17 bits per heavy atom. The lowest BCUT2D eigenvalue weighted by atomic mass is 9.87. The largest absolute Gasteiger partial charge is 0.507 e. The summed E-state index contributed by atoms with van der Waals surface area (Å²) in [5, 5.41) is 11.7. The van der Waals surface area contributed by atoms with Crippen molar-refractivity contribution in [3.63, 3.8) is 0 Å². The number of nitrogens with zero attached hydrogens (tertiary/aromatic N) is 1. The van der Waals surface area contributed by atoms with Gasteiger partial charge in [-0.3, -0.25) is 4.99 Å². The third-order valence-electron chi connectivity index (χ3n) is 4.01. The average molecular weight is 303 g/mol. The first kappa shape index (κ1) is 15.3. The van der Waals surface area contributed by atoms with Gasteiger partial charge in [0.1, 0.15) is 5.75 Å². The maximum atomic E-state index is 9.94. The average Bonchev–Trinajstić information content (AvgIpc) is 2.53. The molecule has 0 amide bonds. The molecule has 0 fully saturated rings. The van der Waals surface area contributed by atoms with E-state index >= 15 is 0 Å². The number of hydrogen-bond donors (Lipinski definition) is 1. The summed E-state index contributed by atoms with van der Waals surface area (Å²) in [5.74, 6) is 0.286. The number of fused-ring (bicyclic) bond motifs is 1. The summed E-state index contributed by atoms with van der Waals surface area (Å²) in [7, 11) is 0. The van der Waals surface area contributed by atoms with E-state index in [1.807, 2.05) is 36.5 Å². The predicted octanol–water partition coefficient (Wildman–Crippen LogP) is 5.59. The van der Waals surface area contributed by atoms with Crippen LogP contribution < -0.4 is 0 Å². The number of hydrogen-bond acceptors (Lipinski definition) is 2. The van der Waals surface area contributed by atoms with Gasteiger partial charge in [0.15, 0.2) is 0 Å². The fraction of sp³-hybridized carbons (Fsp3) is 0.190. The van der Waals surface area contributed by atoms with Gasteiger partial charge in [-0.2, -0.15) is 0 Å². The van der Waals surface area contributed by atoms with Crippen molar-refractivity contribution in [2.24, 2.45) is 4.99 Å². The minimum absolute atomic E-state index is 0.156. The highest BCUT2D eigenvalue weighted by molar-refractivity contribution is 5.98. The lowest BCUT2D eigenvalue weighted by Crippen LogP contribution is -2.10. The zero-order chi connectivity index (χ0) is 16.4. The van der Waals surface area contributed by atoms with Gasteiger partial charge in [0, 0.05) is 17.0 Å². The summed E-state index contributed by atoms with van der Waals surface area (Å²) in [5.41, 5.74) is 3.39. The van der Waals surface area contributed by atoms with E-state index in [-0.39, 0.29) is 11.2 Å². The standard InChI is InChI=1S/C21H21NO/c1-21(2,3)16-12-10-15(11-13-16)14-22-19-8-4-7-18-17(19)6-5-9-20(18)23/h4-14,23H,1-3H3. The summed E-state index contributed by atoms with van der Waals surface area (Å²) >= 11 is 0. The molecule has 0 saturated heterocycles. The molecule has 2 nitrogen and oxygen atoms in total. The molecule has 0 saturated carbocycles. The molecule has 0 unspecified atom stereocenters. The summed E-state index contributed by atoms with van der Waals surface area (Å²) in [6.45, 7) is 6.62. The first-order chi connectivity index (χ1) is 10.9. The molecule has 0 aliphatic rings. The summed E-state index contributed by atoms with van der Waals surface area (Å²) in [6.07, 6.45) is 1.87. The van der Waals surface area contributed by atoms with Crippen LogP contribution in [0.25, 0.3) is 10.8 Å². The zero-order valence-corrected chi connectivity index (χ0v) is 13.7. The first-order valence-corrected chi connectivity index (χ1v) is 7.80. The monoisotopic (exact) mass is 303 g/mol. The lowest BCUT2D eigenvalue weighted by molar-refractivity contribution is 0.481. The van der Waals surface area contributed by atoms with E-state index in [1.54, 1.807) is 6.07 Å². The summed E-state index contributed by atoms with van der Waals surface area (Å²) in [4.78, 5) is 4.60. The van der Waals surface area contributed by atoms with Gasteiger partial charge in [-0.25, -0.2) is 0 Å². The van der Waals surface area contributed by atoms with E-state index in [0.717, 1.165) is 22.0 Å². The van der Waals surface area contributed by atoms with Crippen molar-refractivity contribution < 1.29 is 5.11 Å². The minimum atomic E-state index is 0.156. The van der Waals surface area contributed by atoms with E-state index in [4.69, 9.17) is 0 Å². The van der Waals surface area contributed by atoms with Crippen molar-refractivity contribution in [2.75, 3.05) is 0 Å². The van der Waals surface area contributed by atoms with Crippen LogP contribution in [-0.4, -0.2) is 11.3 Å². The fourth-order valence-corrected chi connectivity index (χ4v) is 2.60. The Kier molecular flexibility index (Phi) is 3.91. The third kappa shape index (κ3) is 3.26. The van der Waals surface area contributed by atoms with Gasteiger partial charge in [0.2, 0.25) is 0 Å². The first-order valence-electron chi connectivity index (χ1n) is 7.80. The maximum absolute atomic E-state index is 9.94. The normalized spacial score (nSPS) is 12.1. The fourth-order valence-electron chi connectivity index (χ4n) is 2.60. The molecule has 3 aromatic rings. The van der Waals surface area contributed by atoms with Crippen LogP contribution in [-0.2, 0) is 5.41 Å². The van der Waals surface area contributed by atoms with E-state index in [0.29, 0.717) is 0 Å². The van der Waals surface area contributed by atoms with Crippen molar-refractivity contribution >= 4 is 22.7 Å². The number of aromatic hydroxyl groups is 1. The van der Waals surface area contributed by atoms with Crippen molar-refractivity contribution in [3.05, 3.63) is 71.8 Å². The van der Waals surface area contributed by atoms with Gasteiger partial charge in [0.25, 0.3) is 0 Å². The van der Waals surface area contributed by atoms with Crippen LogP contribution in [0.3, 0.4) is 0 Å². The Bertz CT molecular complexity index is 855. The number of rotatable bonds is 2. The van der Waals surface area contributed by atoms with Gasteiger partial charge < -0.3 is 5.11 Å². The molecular formula is C21H21NO. The molecule has 0 spiro atoms. The van der Waals surface area contributed by atoms with Crippen molar-refractivity contribution in [2.45, 2.75) is 26.2 Å². The zero-order valence-electron chi connectivity index (χ0n) is 13.7. The van der Waals surface area contributed by atoms with Crippen molar-refractivity contribution in [1.82, 2.24) is 0 Å². The Morgan fingerprint density at radius 2 is 1.48 bits per heavy atom. The van der Waals surface area contributed by atoms with Crippen LogP contribution in [0.5, 0.6) is 5.75 Å². The molecule has 0 atom stereocenters. The maximum Gasteiger partial charge on any atom is 0.123 e. The number of phenolic OH excluding ortho intramolecular Hbond substituents is 1. The molecule has 23 heavy (non-hydrogen) atoms. The van der Waals surface area contributed by atoms with Crippen LogP contribution >= 0.6 is 0 Å². The molecular weight excluding hydrogens is 282 g/mol. The van der Waals surface area contributed by atoms with Crippen LogP contribution in [0.4, 0.5) is 5.69 Å². The van der Waals surface area contributed by atoms with Gasteiger partial charge in [0.05, 0.1) is 5.69 Å². The molecule has 0 bridgehead atoms. The second-order valence-electron chi connectivity index (χ2n) is 6.78. The highest BCUT2D eigenvalue weighted by Gasteiger charge is 2.12. The molecule has 0 aromatic heterocycles. The van der Waals surface area contributed by atoms with Crippen molar-refractivity contribution in [1.29, 1.82) is 0 Å². The number of benzene rings is 3.